The highest BCUT2D eigenvalue weighted by molar-refractivity contribution is 5.89. The Kier molecular flexibility index (Phi) is 4.20. The highest BCUT2D eigenvalue weighted by Crippen LogP contribution is 2.32. The fourth-order valence-electron chi connectivity index (χ4n) is 2.99. The molecule has 1 aliphatic heterocycles. The van der Waals surface area contributed by atoms with E-state index in [1.807, 2.05) is 6.07 Å². The fraction of sp³-hybridized carbons (Fsp3) is 0.375. The summed E-state index contributed by atoms with van der Waals surface area (Å²) in [5.41, 5.74) is 1.90. The first-order chi connectivity index (χ1) is 10.7. The molecule has 0 spiro atoms. The third-order valence-electron chi connectivity index (χ3n) is 4.07. The Balaban J connectivity index is 1.75. The summed E-state index contributed by atoms with van der Waals surface area (Å²) in [6.45, 7) is 1.60. The second kappa shape index (κ2) is 6.27. The molecule has 6 heteroatoms. The van der Waals surface area contributed by atoms with Crippen LogP contribution in [0, 0.1) is 5.82 Å². The number of carbonyl (C=O) groups excluding carboxylic acids is 1. The Morgan fingerprint density at radius 3 is 3.05 bits per heavy atom. The molecule has 2 aromatic rings. The molecule has 0 radical (unpaired) electrons. The van der Waals surface area contributed by atoms with E-state index in [0.29, 0.717) is 6.54 Å². The number of H-pyrrole nitrogens is 1. The summed E-state index contributed by atoms with van der Waals surface area (Å²) >= 11 is 0. The third kappa shape index (κ3) is 2.87. The molecule has 1 fully saturated rings. The van der Waals surface area contributed by atoms with Crippen molar-refractivity contribution >= 4 is 5.97 Å². The van der Waals surface area contributed by atoms with Crippen molar-refractivity contribution in [3.05, 3.63) is 53.1 Å². The SMILES string of the molecule is COC(=O)c1ccc(CN2CCC[C@@H]2c2ccn[nH]2)cc1F. The van der Waals surface area contributed by atoms with Gasteiger partial charge in [0.2, 0.25) is 0 Å². The van der Waals surface area contributed by atoms with Gasteiger partial charge in [0.25, 0.3) is 0 Å². The van der Waals surface area contributed by atoms with Crippen molar-refractivity contribution in [2.24, 2.45) is 0 Å². The van der Waals surface area contributed by atoms with Gasteiger partial charge < -0.3 is 4.74 Å². The van der Waals surface area contributed by atoms with E-state index in [4.69, 9.17) is 0 Å². The number of nitrogens with zero attached hydrogens (tertiary/aromatic N) is 2. The molecule has 0 unspecified atom stereocenters. The molecule has 2 heterocycles. The zero-order valence-corrected chi connectivity index (χ0v) is 12.4. The number of aromatic amines is 1. The van der Waals surface area contributed by atoms with Crippen LogP contribution in [0.3, 0.4) is 0 Å². The van der Waals surface area contributed by atoms with E-state index in [2.05, 4.69) is 19.8 Å². The molecule has 1 N–H and O–H groups in total. The van der Waals surface area contributed by atoms with E-state index < -0.39 is 11.8 Å². The van der Waals surface area contributed by atoms with E-state index in [9.17, 15) is 9.18 Å². The molecule has 1 aromatic carbocycles. The van der Waals surface area contributed by atoms with E-state index in [1.165, 1.54) is 19.2 Å². The minimum Gasteiger partial charge on any atom is -0.465 e. The number of aromatic nitrogens is 2. The van der Waals surface area contributed by atoms with Crippen LogP contribution < -0.4 is 0 Å². The molecule has 1 atom stereocenters. The van der Waals surface area contributed by atoms with Gasteiger partial charge in [0.1, 0.15) is 5.82 Å². The Labute approximate surface area is 128 Å². The molecule has 0 amide bonds. The lowest BCUT2D eigenvalue weighted by Gasteiger charge is -2.23. The Hall–Kier alpha value is -2.21. The van der Waals surface area contributed by atoms with Crippen LogP contribution in [0.15, 0.2) is 30.5 Å². The largest absolute Gasteiger partial charge is 0.465 e. The molecule has 116 valence electrons. The summed E-state index contributed by atoms with van der Waals surface area (Å²) in [4.78, 5) is 13.7. The quantitative estimate of drug-likeness (QED) is 0.882. The van der Waals surface area contributed by atoms with Crippen molar-refractivity contribution < 1.29 is 13.9 Å². The smallest absolute Gasteiger partial charge is 0.340 e. The standard InChI is InChI=1S/C16H18FN3O2/c1-22-16(21)12-5-4-11(9-13(12)17)10-20-8-2-3-15(20)14-6-7-18-19-14/h4-7,9,15H,2-3,8,10H2,1H3,(H,18,19)/t15-/m1/s1. The molecule has 5 nitrogen and oxygen atoms in total. The molecule has 1 saturated heterocycles. The van der Waals surface area contributed by atoms with Crippen molar-refractivity contribution in [3.63, 3.8) is 0 Å². The number of likely N-dealkylation sites (tertiary alicyclic amines) is 1. The summed E-state index contributed by atoms with van der Waals surface area (Å²) in [7, 11) is 1.24. The molecule has 1 aliphatic rings. The number of rotatable bonds is 4. The molecular formula is C16H18FN3O2. The summed E-state index contributed by atoms with van der Waals surface area (Å²) in [6.07, 6.45) is 3.91. The highest BCUT2D eigenvalue weighted by atomic mass is 19.1. The van der Waals surface area contributed by atoms with Gasteiger partial charge in [-0.15, -0.1) is 0 Å². The second-order valence-corrected chi connectivity index (χ2v) is 5.45. The second-order valence-electron chi connectivity index (χ2n) is 5.45. The van der Waals surface area contributed by atoms with Crippen molar-refractivity contribution in [2.75, 3.05) is 13.7 Å². The van der Waals surface area contributed by atoms with Crippen LogP contribution in [0.2, 0.25) is 0 Å². The first kappa shape index (κ1) is 14.7. The molecule has 22 heavy (non-hydrogen) atoms. The predicted molar refractivity (Wildman–Crippen MR) is 78.7 cm³/mol. The van der Waals surface area contributed by atoms with E-state index >= 15 is 0 Å². The zero-order chi connectivity index (χ0) is 15.5. The number of methoxy groups -OCH3 is 1. The van der Waals surface area contributed by atoms with Gasteiger partial charge in [-0.1, -0.05) is 6.07 Å². The number of hydrogen-bond donors (Lipinski definition) is 1. The molecular weight excluding hydrogens is 285 g/mol. The van der Waals surface area contributed by atoms with Crippen LogP contribution in [0.25, 0.3) is 0 Å². The highest BCUT2D eigenvalue weighted by Gasteiger charge is 2.27. The van der Waals surface area contributed by atoms with Gasteiger partial charge in [0, 0.05) is 12.7 Å². The van der Waals surface area contributed by atoms with Crippen LogP contribution in [-0.4, -0.2) is 34.7 Å². The number of nitrogens with one attached hydrogen (secondary N) is 1. The minimum atomic E-state index is -0.652. The summed E-state index contributed by atoms with van der Waals surface area (Å²) in [5.74, 6) is -1.19. The summed E-state index contributed by atoms with van der Waals surface area (Å²) in [5, 5.41) is 7.01. The summed E-state index contributed by atoms with van der Waals surface area (Å²) < 4.78 is 18.6. The number of halogens is 1. The number of ether oxygens (including phenoxy) is 1. The fourth-order valence-corrected chi connectivity index (χ4v) is 2.99. The van der Waals surface area contributed by atoms with Crippen molar-refractivity contribution in [1.29, 1.82) is 0 Å². The van der Waals surface area contributed by atoms with E-state index in [1.54, 1.807) is 12.3 Å². The van der Waals surface area contributed by atoms with Gasteiger partial charge in [-0.05, 0) is 43.1 Å². The van der Waals surface area contributed by atoms with Crippen LogP contribution in [-0.2, 0) is 11.3 Å². The Morgan fingerprint density at radius 1 is 1.50 bits per heavy atom. The number of hydrogen-bond acceptors (Lipinski definition) is 4. The van der Waals surface area contributed by atoms with Gasteiger partial charge in [-0.2, -0.15) is 5.10 Å². The maximum absolute atomic E-state index is 14.0. The van der Waals surface area contributed by atoms with Gasteiger partial charge in [-0.25, -0.2) is 9.18 Å². The van der Waals surface area contributed by atoms with Crippen molar-refractivity contribution in [1.82, 2.24) is 15.1 Å². The van der Waals surface area contributed by atoms with Gasteiger partial charge >= 0.3 is 5.97 Å². The normalized spacial score (nSPS) is 18.5. The first-order valence-corrected chi connectivity index (χ1v) is 7.29. The van der Waals surface area contributed by atoms with E-state index in [-0.39, 0.29) is 11.6 Å². The topological polar surface area (TPSA) is 58.2 Å². The lowest BCUT2D eigenvalue weighted by molar-refractivity contribution is 0.0595. The molecule has 3 rings (SSSR count). The van der Waals surface area contributed by atoms with E-state index in [0.717, 1.165) is 30.6 Å². The van der Waals surface area contributed by atoms with Crippen LogP contribution in [0.5, 0.6) is 0 Å². The predicted octanol–water partition coefficient (Wildman–Crippen LogP) is 2.67. The Bertz CT molecular complexity index is 657. The van der Waals surface area contributed by atoms with Crippen molar-refractivity contribution in [3.8, 4) is 0 Å². The Morgan fingerprint density at radius 2 is 2.36 bits per heavy atom. The molecule has 0 saturated carbocycles. The molecule has 1 aromatic heterocycles. The monoisotopic (exact) mass is 303 g/mol. The zero-order valence-electron chi connectivity index (χ0n) is 12.4. The average Bonchev–Trinajstić information content (AvgIpc) is 3.17. The maximum Gasteiger partial charge on any atom is 0.340 e. The van der Waals surface area contributed by atoms with Crippen LogP contribution in [0.4, 0.5) is 4.39 Å². The van der Waals surface area contributed by atoms with Gasteiger partial charge in [-0.3, -0.25) is 10.00 Å². The number of esters is 1. The minimum absolute atomic E-state index is 0.0298. The van der Waals surface area contributed by atoms with Crippen molar-refractivity contribution in [2.45, 2.75) is 25.4 Å². The molecule has 0 aliphatic carbocycles. The lowest BCUT2D eigenvalue weighted by Crippen LogP contribution is -2.23. The number of benzene rings is 1. The summed E-state index contributed by atoms with van der Waals surface area (Å²) in [6, 6.07) is 6.93. The van der Waals surface area contributed by atoms with Crippen LogP contribution in [0.1, 0.15) is 40.5 Å². The third-order valence-corrected chi connectivity index (χ3v) is 4.07. The lowest BCUT2D eigenvalue weighted by atomic mass is 10.1. The van der Waals surface area contributed by atoms with Gasteiger partial charge in [0.05, 0.1) is 24.4 Å². The van der Waals surface area contributed by atoms with Crippen LogP contribution >= 0.6 is 0 Å². The number of carbonyl (C=O) groups is 1. The maximum atomic E-state index is 14.0. The molecule has 0 bridgehead atoms. The van der Waals surface area contributed by atoms with Gasteiger partial charge in [0.15, 0.2) is 0 Å². The first-order valence-electron chi connectivity index (χ1n) is 7.29. The average molecular weight is 303 g/mol.